The Labute approximate surface area is 119 Å². The van der Waals surface area contributed by atoms with E-state index in [2.05, 4.69) is 0 Å². The van der Waals surface area contributed by atoms with Crippen LogP contribution >= 0.6 is 0 Å². The topological polar surface area (TPSA) is 101 Å². The fourth-order valence-corrected chi connectivity index (χ4v) is 2.34. The summed E-state index contributed by atoms with van der Waals surface area (Å²) >= 11 is 0. The normalized spacial score (nSPS) is 10.9. The highest BCUT2D eigenvalue weighted by Crippen LogP contribution is 2.44. The van der Waals surface area contributed by atoms with Crippen LogP contribution in [0.15, 0.2) is 42.5 Å². The fraction of sp³-hybridized carbons (Fsp3) is 0. The number of hydrogen-bond donors (Lipinski definition) is 5. The quantitative estimate of drug-likeness (QED) is 0.442. The SMILES string of the molecule is Oc1cc(-c2cc(O)c(O)c3ccccc23)cc(O)c1O. The molecule has 0 aliphatic carbocycles. The molecule has 0 amide bonds. The summed E-state index contributed by atoms with van der Waals surface area (Å²) in [5, 5.41) is 49.4. The van der Waals surface area contributed by atoms with Crippen LogP contribution in [-0.4, -0.2) is 25.5 Å². The fourth-order valence-electron chi connectivity index (χ4n) is 2.34. The van der Waals surface area contributed by atoms with Crippen molar-refractivity contribution in [2.45, 2.75) is 0 Å². The van der Waals surface area contributed by atoms with Crippen molar-refractivity contribution in [3.05, 3.63) is 42.5 Å². The van der Waals surface area contributed by atoms with E-state index in [-0.39, 0.29) is 11.5 Å². The first-order chi connectivity index (χ1) is 9.99. The highest BCUT2D eigenvalue weighted by atomic mass is 16.3. The number of rotatable bonds is 1. The smallest absolute Gasteiger partial charge is 0.200 e. The Morgan fingerprint density at radius 3 is 1.71 bits per heavy atom. The Balaban J connectivity index is 2.38. The van der Waals surface area contributed by atoms with Gasteiger partial charge in [0.05, 0.1) is 0 Å². The lowest BCUT2D eigenvalue weighted by atomic mass is 9.96. The summed E-state index contributed by atoms with van der Waals surface area (Å²) in [6, 6.07) is 10.8. The summed E-state index contributed by atoms with van der Waals surface area (Å²) < 4.78 is 0. The van der Waals surface area contributed by atoms with Gasteiger partial charge in [0.15, 0.2) is 28.7 Å². The third-order valence-electron chi connectivity index (χ3n) is 3.38. The minimum atomic E-state index is -0.606. The first kappa shape index (κ1) is 12.9. The number of hydrogen-bond acceptors (Lipinski definition) is 5. The van der Waals surface area contributed by atoms with Gasteiger partial charge in [0.25, 0.3) is 0 Å². The van der Waals surface area contributed by atoms with Gasteiger partial charge in [-0.05, 0) is 34.7 Å². The first-order valence-electron chi connectivity index (χ1n) is 6.18. The van der Waals surface area contributed by atoms with E-state index < -0.39 is 17.2 Å². The van der Waals surface area contributed by atoms with Gasteiger partial charge >= 0.3 is 0 Å². The molecule has 0 unspecified atom stereocenters. The van der Waals surface area contributed by atoms with Crippen LogP contribution in [0.2, 0.25) is 0 Å². The van der Waals surface area contributed by atoms with Gasteiger partial charge in [-0.2, -0.15) is 0 Å². The van der Waals surface area contributed by atoms with Gasteiger partial charge in [0.1, 0.15) is 0 Å². The van der Waals surface area contributed by atoms with Gasteiger partial charge in [-0.25, -0.2) is 0 Å². The minimum Gasteiger partial charge on any atom is -0.504 e. The molecule has 3 rings (SSSR count). The van der Waals surface area contributed by atoms with Crippen LogP contribution in [0, 0.1) is 0 Å². The van der Waals surface area contributed by atoms with Crippen LogP contribution in [0.1, 0.15) is 0 Å². The second-order valence-corrected chi connectivity index (χ2v) is 4.70. The van der Waals surface area contributed by atoms with Crippen molar-refractivity contribution in [3.8, 4) is 39.9 Å². The molecule has 21 heavy (non-hydrogen) atoms. The van der Waals surface area contributed by atoms with Gasteiger partial charge in [-0.1, -0.05) is 24.3 Å². The van der Waals surface area contributed by atoms with Crippen molar-refractivity contribution in [2.75, 3.05) is 0 Å². The van der Waals surface area contributed by atoms with Crippen molar-refractivity contribution in [1.82, 2.24) is 0 Å². The van der Waals surface area contributed by atoms with Crippen molar-refractivity contribution < 1.29 is 25.5 Å². The highest BCUT2D eigenvalue weighted by Gasteiger charge is 2.15. The molecule has 5 N–H and O–H groups in total. The lowest BCUT2D eigenvalue weighted by Crippen LogP contribution is -1.84. The minimum absolute atomic E-state index is 0.235. The van der Waals surface area contributed by atoms with E-state index >= 15 is 0 Å². The molecule has 0 spiro atoms. The van der Waals surface area contributed by atoms with Crippen LogP contribution in [0.5, 0.6) is 28.7 Å². The third kappa shape index (κ3) is 1.95. The second-order valence-electron chi connectivity index (χ2n) is 4.70. The summed E-state index contributed by atoms with van der Waals surface area (Å²) in [6.45, 7) is 0. The van der Waals surface area contributed by atoms with Gasteiger partial charge in [-0.15, -0.1) is 0 Å². The molecule has 0 aliphatic rings. The average molecular weight is 284 g/mol. The first-order valence-corrected chi connectivity index (χ1v) is 6.18. The maximum Gasteiger partial charge on any atom is 0.200 e. The van der Waals surface area contributed by atoms with E-state index in [4.69, 9.17) is 0 Å². The molecule has 5 nitrogen and oxygen atoms in total. The highest BCUT2D eigenvalue weighted by molar-refractivity contribution is 6.02. The zero-order valence-corrected chi connectivity index (χ0v) is 10.8. The second kappa shape index (κ2) is 4.49. The maximum absolute atomic E-state index is 9.89. The molecule has 0 aromatic heterocycles. The summed E-state index contributed by atoms with van der Waals surface area (Å²) in [6.07, 6.45) is 0. The van der Waals surface area contributed by atoms with Crippen molar-refractivity contribution >= 4 is 10.8 Å². The van der Waals surface area contributed by atoms with E-state index in [1.54, 1.807) is 24.3 Å². The molecule has 106 valence electrons. The van der Waals surface area contributed by atoms with E-state index in [1.165, 1.54) is 18.2 Å². The summed E-state index contributed by atoms with van der Waals surface area (Å²) in [5.74, 6) is -2.09. The lowest BCUT2D eigenvalue weighted by Gasteiger charge is -2.11. The molecule has 3 aromatic rings. The summed E-state index contributed by atoms with van der Waals surface area (Å²) in [7, 11) is 0. The zero-order chi connectivity index (χ0) is 15.1. The Hall–Kier alpha value is -3.08. The van der Waals surface area contributed by atoms with Crippen LogP contribution in [0.25, 0.3) is 21.9 Å². The Kier molecular flexibility index (Phi) is 2.76. The average Bonchev–Trinajstić information content (AvgIpc) is 2.48. The van der Waals surface area contributed by atoms with Crippen LogP contribution in [-0.2, 0) is 0 Å². The van der Waals surface area contributed by atoms with Crippen molar-refractivity contribution in [2.24, 2.45) is 0 Å². The van der Waals surface area contributed by atoms with Crippen molar-refractivity contribution in [1.29, 1.82) is 0 Å². The van der Waals surface area contributed by atoms with E-state index in [0.717, 1.165) is 0 Å². The van der Waals surface area contributed by atoms with E-state index in [0.29, 0.717) is 21.9 Å². The number of benzene rings is 3. The molecular weight excluding hydrogens is 272 g/mol. The predicted molar refractivity (Wildman–Crippen MR) is 77.7 cm³/mol. The predicted octanol–water partition coefficient (Wildman–Crippen LogP) is 3.03. The van der Waals surface area contributed by atoms with Crippen molar-refractivity contribution in [3.63, 3.8) is 0 Å². The molecule has 0 bridgehead atoms. The standard InChI is InChI=1S/C16H12O5/c17-12-5-8(6-13(18)16(12)21)11-7-14(19)15(20)10-4-2-1-3-9(10)11/h1-7,17-21H. The Morgan fingerprint density at radius 1 is 0.571 bits per heavy atom. The molecule has 0 radical (unpaired) electrons. The van der Waals surface area contributed by atoms with Gasteiger partial charge in [-0.3, -0.25) is 0 Å². The molecular formula is C16H12O5. The van der Waals surface area contributed by atoms with E-state index in [9.17, 15) is 25.5 Å². The van der Waals surface area contributed by atoms with Gasteiger partial charge in [0.2, 0.25) is 0 Å². The number of fused-ring (bicyclic) bond motifs is 1. The summed E-state index contributed by atoms with van der Waals surface area (Å²) in [5.41, 5.74) is 0.904. The number of phenols is 5. The van der Waals surface area contributed by atoms with Crippen LogP contribution in [0.4, 0.5) is 0 Å². The number of phenolic OH excluding ortho intramolecular Hbond substituents is 5. The zero-order valence-electron chi connectivity index (χ0n) is 10.8. The molecule has 0 aliphatic heterocycles. The molecule has 5 heteroatoms. The molecule has 0 atom stereocenters. The van der Waals surface area contributed by atoms with Crippen LogP contribution in [0.3, 0.4) is 0 Å². The lowest BCUT2D eigenvalue weighted by molar-refractivity contribution is 0.368. The molecule has 0 fully saturated rings. The van der Waals surface area contributed by atoms with Gasteiger partial charge in [0, 0.05) is 5.39 Å². The van der Waals surface area contributed by atoms with Crippen LogP contribution < -0.4 is 0 Å². The molecule has 0 heterocycles. The largest absolute Gasteiger partial charge is 0.504 e. The Morgan fingerprint density at radius 2 is 1.10 bits per heavy atom. The molecule has 0 saturated heterocycles. The molecule has 3 aromatic carbocycles. The van der Waals surface area contributed by atoms with Gasteiger partial charge < -0.3 is 25.5 Å². The maximum atomic E-state index is 9.89. The molecule has 0 saturated carbocycles. The van der Waals surface area contributed by atoms with E-state index in [1.807, 2.05) is 0 Å². The number of aromatic hydroxyl groups is 5. The monoisotopic (exact) mass is 284 g/mol. The summed E-state index contributed by atoms with van der Waals surface area (Å²) in [4.78, 5) is 0. The third-order valence-corrected chi connectivity index (χ3v) is 3.38. The Bertz CT molecular complexity index is 832.